The van der Waals surface area contributed by atoms with Crippen molar-refractivity contribution < 1.29 is 9.18 Å². The summed E-state index contributed by atoms with van der Waals surface area (Å²) < 4.78 is 15.0. The van der Waals surface area contributed by atoms with Crippen molar-refractivity contribution in [2.75, 3.05) is 5.75 Å². The number of carbonyl (C=O) groups excluding carboxylic acids is 1. The summed E-state index contributed by atoms with van der Waals surface area (Å²) in [5.41, 5.74) is 4.42. The van der Waals surface area contributed by atoms with Gasteiger partial charge in [0.2, 0.25) is 5.91 Å². The van der Waals surface area contributed by atoms with Crippen LogP contribution >= 0.6 is 23.4 Å². The topological polar surface area (TPSA) is 46.9 Å². The minimum Gasteiger partial charge on any atom is -0.349 e. The summed E-state index contributed by atoms with van der Waals surface area (Å²) in [6.45, 7) is 3.82. The monoisotopic (exact) mass is 429 g/mol. The summed E-state index contributed by atoms with van der Waals surface area (Å²) in [6, 6.07) is 12.0. The van der Waals surface area contributed by atoms with Gasteiger partial charge in [-0.25, -0.2) is 9.07 Å². The van der Waals surface area contributed by atoms with Crippen molar-refractivity contribution >= 4 is 29.3 Å². The Balaban J connectivity index is 1.53. The Morgan fingerprint density at radius 3 is 2.79 bits per heavy atom. The van der Waals surface area contributed by atoms with E-state index in [2.05, 4.69) is 10.4 Å². The number of nitrogens with zero attached hydrogens (tertiary/aromatic N) is 2. The van der Waals surface area contributed by atoms with E-state index in [9.17, 15) is 9.18 Å². The highest BCUT2D eigenvalue weighted by Crippen LogP contribution is 2.37. The second kappa shape index (κ2) is 8.20. The number of aryl methyl sites for hydroxylation is 1. The number of amides is 1. The Morgan fingerprint density at radius 1 is 1.28 bits per heavy atom. The minimum absolute atomic E-state index is 0.0368. The quantitative estimate of drug-likeness (QED) is 0.621. The Morgan fingerprint density at radius 2 is 2.03 bits per heavy atom. The Kier molecular flexibility index (Phi) is 5.65. The maximum atomic E-state index is 13.2. The fourth-order valence-corrected chi connectivity index (χ4v) is 4.97. The Hall–Kier alpha value is -2.31. The molecule has 1 aliphatic heterocycles. The van der Waals surface area contributed by atoms with Gasteiger partial charge in [-0.2, -0.15) is 5.10 Å². The van der Waals surface area contributed by atoms with Gasteiger partial charge in [0, 0.05) is 26.9 Å². The van der Waals surface area contributed by atoms with Crippen LogP contribution in [0.3, 0.4) is 0 Å². The van der Waals surface area contributed by atoms with Crippen LogP contribution in [-0.2, 0) is 11.2 Å². The van der Waals surface area contributed by atoms with Gasteiger partial charge in [0.05, 0.1) is 23.8 Å². The number of carbonyl (C=O) groups is 1. The number of hydrogen-bond acceptors (Lipinski definition) is 3. The van der Waals surface area contributed by atoms with Gasteiger partial charge in [-0.3, -0.25) is 4.79 Å². The first kappa shape index (κ1) is 20.0. The number of fused-ring (bicyclic) bond motifs is 1. The molecule has 0 bridgehead atoms. The number of rotatable bonds is 4. The van der Waals surface area contributed by atoms with Crippen LogP contribution in [0.25, 0.3) is 5.69 Å². The summed E-state index contributed by atoms with van der Waals surface area (Å²) in [7, 11) is 0. The van der Waals surface area contributed by atoms with Crippen molar-refractivity contribution in [1.82, 2.24) is 15.1 Å². The van der Waals surface area contributed by atoms with Crippen LogP contribution in [0, 0.1) is 19.7 Å². The van der Waals surface area contributed by atoms with Crippen LogP contribution in [0.1, 0.15) is 35.0 Å². The van der Waals surface area contributed by atoms with Gasteiger partial charge in [0.15, 0.2) is 0 Å². The zero-order valence-corrected chi connectivity index (χ0v) is 17.8. The van der Waals surface area contributed by atoms with E-state index in [-0.39, 0.29) is 24.2 Å². The van der Waals surface area contributed by atoms with E-state index in [0.29, 0.717) is 5.02 Å². The largest absolute Gasteiger partial charge is 0.349 e. The van der Waals surface area contributed by atoms with Gasteiger partial charge in [-0.05, 0) is 68.3 Å². The lowest BCUT2D eigenvalue weighted by atomic mass is 10.0. The number of benzene rings is 2. The van der Waals surface area contributed by atoms with E-state index in [1.54, 1.807) is 28.6 Å². The average molecular weight is 430 g/mol. The van der Waals surface area contributed by atoms with Gasteiger partial charge < -0.3 is 5.32 Å². The maximum absolute atomic E-state index is 13.2. The van der Waals surface area contributed by atoms with Gasteiger partial charge >= 0.3 is 0 Å². The van der Waals surface area contributed by atoms with E-state index >= 15 is 0 Å². The molecular weight excluding hydrogens is 409 g/mol. The van der Waals surface area contributed by atoms with Crippen molar-refractivity contribution in [3.8, 4) is 5.69 Å². The first-order chi connectivity index (χ1) is 13.9. The van der Waals surface area contributed by atoms with Gasteiger partial charge in [-0.1, -0.05) is 11.6 Å². The minimum atomic E-state index is -0.291. The van der Waals surface area contributed by atoms with Crippen LogP contribution in [0.4, 0.5) is 4.39 Å². The van der Waals surface area contributed by atoms with E-state index in [0.717, 1.165) is 40.4 Å². The standard InChI is InChI=1S/C22H21ClFN3OS/c1-13-18(14(2)27(26-13)17-6-4-16(24)5-7-17)12-22(28)25-20-9-10-29-21-8-3-15(23)11-19(20)21/h3-8,11,20H,9-10,12H2,1-2H3,(H,25,28). The molecule has 2 aromatic carbocycles. The molecule has 4 nitrogen and oxygen atoms in total. The first-order valence-corrected chi connectivity index (χ1v) is 10.8. The lowest BCUT2D eigenvalue weighted by Crippen LogP contribution is -2.32. The number of thioether (sulfide) groups is 1. The average Bonchev–Trinajstić information content (AvgIpc) is 2.97. The summed E-state index contributed by atoms with van der Waals surface area (Å²) >= 11 is 7.95. The number of aromatic nitrogens is 2. The van der Waals surface area contributed by atoms with E-state index in [4.69, 9.17) is 11.6 Å². The molecule has 1 aromatic heterocycles. The summed E-state index contributed by atoms with van der Waals surface area (Å²) in [6.07, 6.45) is 1.12. The van der Waals surface area contributed by atoms with Gasteiger partial charge in [0.1, 0.15) is 5.82 Å². The molecule has 0 saturated heterocycles. The molecule has 150 valence electrons. The molecule has 1 N–H and O–H groups in total. The third-order valence-corrected chi connectivity index (χ3v) is 6.55. The molecule has 0 radical (unpaired) electrons. The molecule has 1 aliphatic rings. The Bertz CT molecular complexity index is 1060. The molecule has 7 heteroatoms. The van der Waals surface area contributed by atoms with Crippen LogP contribution < -0.4 is 5.32 Å². The molecule has 3 aromatic rings. The van der Waals surface area contributed by atoms with E-state index in [1.807, 2.05) is 32.0 Å². The number of halogens is 2. The smallest absolute Gasteiger partial charge is 0.225 e. The second-order valence-corrected chi connectivity index (χ2v) is 8.73. The lowest BCUT2D eigenvalue weighted by Gasteiger charge is -2.26. The van der Waals surface area contributed by atoms with Crippen LogP contribution in [-0.4, -0.2) is 21.4 Å². The molecule has 0 spiro atoms. The SMILES string of the molecule is Cc1nn(-c2ccc(F)cc2)c(C)c1CC(=O)NC1CCSc2ccc(Cl)cc21. The molecule has 1 atom stereocenters. The maximum Gasteiger partial charge on any atom is 0.225 e. The van der Waals surface area contributed by atoms with Crippen molar-refractivity contribution in [1.29, 1.82) is 0 Å². The van der Waals surface area contributed by atoms with Gasteiger partial charge in [-0.15, -0.1) is 11.8 Å². The van der Waals surface area contributed by atoms with Crippen LogP contribution in [0.2, 0.25) is 5.02 Å². The van der Waals surface area contributed by atoms with E-state index < -0.39 is 0 Å². The van der Waals surface area contributed by atoms with Crippen molar-refractivity contribution in [3.05, 3.63) is 75.8 Å². The molecule has 0 fully saturated rings. The molecule has 2 heterocycles. The first-order valence-electron chi connectivity index (χ1n) is 9.45. The number of hydrogen-bond donors (Lipinski definition) is 1. The summed E-state index contributed by atoms with van der Waals surface area (Å²) in [5, 5.41) is 8.39. The van der Waals surface area contributed by atoms with Crippen LogP contribution in [0.15, 0.2) is 47.4 Å². The van der Waals surface area contributed by atoms with Crippen molar-refractivity contribution in [3.63, 3.8) is 0 Å². The zero-order chi connectivity index (χ0) is 20.5. The van der Waals surface area contributed by atoms with E-state index in [1.165, 1.54) is 17.0 Å². The predicted octanol–water partition coefficient (Wildman–Crippen LogP) is 5.18. The molecule has 0 aliphatic carbocycles. The molecule has 0 saturated carbocycles. The third kappa shape index (κ3) is 4.19. The summed E-state index contributed by atoms with van der Waals surface area (Å²) in [4.78, 5) is 14.0. The highest BCUT2D eigenvalue weighted by Gasteiger charge is 2.24. The highest BCUT2D eigenvalue weighted by molar-refractivity contribution is 7.99. The normalized spacial score (nSPS) is 15.8. The molecule has 1 unspecified atom stereocenters. The second-order valence-electron chi connectivity index (χ2n) is 7.15. The highest BCUT2D eigenvalue weighted by atomic mass is 35.5. The van der Waals surface area contributed by atoms with Crippen LogP contribution in [0.5, 0.6) is 0 Å². The zero-order valence-electron chi connectivity index (χ0n) is 16.2. The Labute approximate surface area is 178 Å². The molecule has 29 heavy (non-hydrogen) atoms. The predicted molar refractivity (Wildman–Crippen MR) is 114 cm³/mol. The van der Waals surface area contributed by atoms with Crippen molar-refractivity contribution in [2.24, 2.45) is 0 Å². The lowest BCUT2D eigenvalue weighted by molar-refractivity contribution is -0.121. The fraction of sp³-hybridized carbons (Fsp3) is 0.273. The van der Waals surface area contributed by atoms with Crippen molar-refractivity contribution in [2.45, 2.75) is 37.6 Å². The number of nitrogens with one attached hydrogen (secondary N) is 1. The molecular formula is C22H21ClFN3OS. The van der Waals surface area contributed by atoms with Gasteiger partial charge in [0.25, 0.3) is 0 Å². The fourth-order valence-electron chi connectivity index (χ4n) is 3.69. The third-order valence-electron chi connectivity index (χ3n) is 5.20. The molecule has 4 rings (SSSR count). The summed E-state index contributed by atoms with van der Waals surface area (Å²) in [5.74, 6) is 0.624. The molecule has 1 amide bonds.